The molecule has 19 heavy (non-hydrogen) atoms. The molecule has 100 valence electrons. The maximum atomic E-state index is 5.86. The molecular weight excluding hydrogens is 285 g/mol. The molecule has 6 heteroatoms. The van der Waals surface area contributed by atoms with Crippen molar-refractivity contribution in [1.82, 2.24) is 15.2 Å². The number of nitrogens with zero attached hydrogens (tertiary/aromatic N) is 3. The van der Waals surface area contributed by atoms with E-state index in [1.807, 2.05) is 24.3 Å². The third kappa shape index (κ3) is 3.55. The molecule has 1 heterocycles. The van der Waals surface area contributed by atoms with Crippen molar-refractivity contribution in [2.75, 3.05) is 0 Å². The third-order valence-electron chi connectivity index (χ3n) is 2.51. The Hall–Kier alpha value is -1.39. The molecule has 0 atom stereocenters. The van der Waals surface area contributed by atoms with E-state index in [-0.39, 0.29) is 21.7 Å². The number of ether oxygens (including phenoxy) is 1. The van der Waals surface area contributed by atoms with Crippen molar-refractivity contribution in [3.05, 3.63) is 40.3 Å². The van der Waals surface area contributed by atoms with Gasteiger partial charge in [0.05, 0.1) is 0 Å². The van der Waals surface area contributed by atoms with E-state index in [0.717, 1.165) is 5.56 Å². The molecule has 0 bridgehead atoms. The van der Waals surface area contributed by atoms with Crippen LogP contribution < -0.4 is 4.74 Å². The fourth-order valence-corrected chi connectivity index (χ4v) is 1.72. The minimum atomic E-state index is -0.00799. The van der Waals surface area contributed by atoms with Gasteiger partial charge in [-0.3, -0.25) is 0 Å². The lowest BCUT2D eigenvalue weighted by Gasteiger charge is -2.19. The molecule has 0 radical (unpaired) electrons. The van der Waals surface area contributed by atoms with E-state index >= 15 is 0 Å². The number of hydrogen-bond donors (Lipinski definition) is 0. The van der Waals surface area contributed by atoms with E-state index in [9.17, 15) is 0 Å². The Morgan fingerprint density at radius 2 is 1.84 bits per heavy atom. The van der Waals surface area contributed by atoms with Crippen LogP contribution in [0, 0.1) is 0 Å². The van der Waals surface area contributed by atoms with Crippen molar-refractivity contribution in [1.29, 1.82) is 0 Å². The van der Waals surface area contributed by atoms with Gasteiger partial charge in [-0.1, -0.05) is 44.5 Å². The van der Waals surface area contributed by atoms with Crippen LogP contribution in [0.1, 0.15) is 26.3 Å². The second-order valence-electron chi connectivity index (χ2n) is 5.06. The standard InChI is InChI=1S/C13H13Cl2N3O/c1-13(2,3)8-5-4-6-9(7-8)19-11-10(14)17-18-12(15)16-11/h4-7H,1-3H3. The molecular formula is C13H13Cl2N3O. The summed E-state index contributed by atoms with van der Waals surface area (Å²) in [4.78, 5) is 3.90. The largest absolute Gasteiger partial charge is 0.436 e. The lowest BCUT2D eigenvalue weighted by Crippen LogP contribution is -2.10. The summed E-state index contributed by atoms with van der Waals surface area (Å²) in [6.45, 7) is 6.38. The summed E-state index contributed by atoms with van der Waals surface area (Å²) in [5.41, 5.74) is 1.18. The summed E-state index contributed by atoms with van der Waals surface area (Å²) < 4.78 is 5.60. The third-order valence-corrected chi connectivity index (χ3v) is 2.90. The predicted octanol–water partition coefficient (Wildman–Crippen LogP) is 4.27. The molecule has 2 rings (SSSR count). The Kier molecular flexibility index (Phi) is 3.92. The van der Waals surface area contributed by atoms with Gasteiger partial charge < -0.3 is 4.74 Å². The van der Waals surface area contributed by atoms with E-state index in [4.69, 9.17) is 27.9 Å². The Morgan fingerprint density at radius 3 is 2.53 bits per heavy atom. The first kappa shape index (κ1) is 14.0. The molecule has 0 spiro atoms. The first-order valence-electron chi connectivity index (χ1n) is 5.70. The van der Waals surface area contributed by atoms with Crippen LogP contribution in [0.2, 0.25) is 10.4 Å². The van der Waals surface area contributed by atoms with E-state index in [1.54, 1.807) is 0 Å². The SMILES string of the molecule is CC(C)(C)c1cccc(Oc2nc(Cl)nnc2Cl)c1. The maximum Gasteiger partial charge on any atom is 0.262 e. The van der Waals surface area contributed by atoms with Crippen LogP contribution >= 0.6 is 23.2 Å². The Morgan fingerprint density at radius 1 is 1.11 bits per heavy atom. The summed E-state index contributed by atoms with van der Waals surface area (Å²) in [5, 5.41) is 7.24. The zero-order valence-corrected chi connectivity index (χ0v) is 12.3. The highest BCUT2D eigenvalue weighted by Gasteiger charge is 2.15. The molecule has 2 aromatic rings. The van der Waals surface area contributed by atoms with E-state index < -0.39 is 0 Å². The highest BCUT2D eigenvalue weighted by atomic mass is 35.5. The van der Waals surface area contributed by atoms with Crippen molar-refractivity contribution < 1.29 is 4.74 Å². The topological polar surface area (TPSA) is 47.9 Å². The van der Waals surface area contributed by atoms with Crippen LogP contribution in [0.5, 0.6) is 11.6 Å². The van der Waals surface area contributed by atoms with Gasteiger partial charge in [0.2, 0.25) is 10.4 Å². The maximum absolute atomic E-state index is 5.86. The van der Waals surface area contributed by atoms with E-state index in [0.29, 0.717) is 5.75 Å². The number of benzene rings is 1. The fraction of sp³-hybridized carbons (Fsp3) is 0.308. The van der Waals surface area contributed by atoms with Crippen LogP contribution in [-0.4, -0.2) is 15.2 Å². The zero-order valence-electron chi connectivity index (χ0n) is 10.8. The van der Waals surface area contributed by atoms with Crippen molar-refractivity contribution >= 4 is 23.2 Å². The van der Waals surface area contributed by atoms with Crippen LogP contribution in [0.4, 0.5) is 0 Å². The van der Waals surface area contributed by atoms with Crippen LogP contribution in [0.3, 0.4) is 0 Å². The summed E-state index contributed by atoms with van der Waals surface area (Å²) in [6, 6.07) is 7.72. The minimum absolute atomic E-state index is 0.00799. The zero-order chi connectivity index (χ0) is 14.0. The summed E-state index contributed by atoms with van der Waals surface area (Å²) in [6.07, 6.45) is 0. The molecule has 1 aromatic heterocycles. The minimum Gasteiger partial charge on any atom is -0.436 e. The molecule has 0 aliphatic rings. The van der Waals surface area contributed by atoms with Crippen LogP contribution in [0.15, 0.2) is 24.3 Å². The van der Waals surface area contributed by atoms with E-state index in [1.165, 1.54) is 0 Å². The molecule has 0 unspecified atom stereocenters. The molecule has 0 saturated carbocycles. The van der Waals surface area contributed by atoms with Gasteiger partial charge in [0.25, 0.3) is 5.88 Å². The number of hydrogen-bond acceptors (Lipinski definition) is 4. The lowest BCUT2D eigenvalue weighted by atomic mass is 9.87. The summed E-state index contributed by atoms with van der Waals surface area (Å²) in [7, 11) is 0. The first-order chi connectivity index (χ1) is 8.86. The molecule has 0 N–H and O–H groups in total. The van der Waals surface area contributed by atoms with E-state index in [2.05, 4.69) is 36.0 Å². The normalized spacial score (nSPS) is 11.4. The number of rotatable bonds is 2. The van der Waals surface area contributed by atoms with Crippen molar-refractivity contribution in [3.8, 4) is 11.6 Å². The highest BCUT2D eigenvalue weighted by molar-refractivity contribution is 6.31. The average molecular weight is 298 g/mol. The van der Waals surface area contributed by atoms with Gasteiger partial charge >= 0.3 is 0 Å². The molecule has 0 saturated heterocycles. The summed E-state index contributed by atoms with van der Waals surface area (Å²) in [5.74, 6) is 0.776. The van der Waals surface area contributed by atoms with Gasteiger partial charge in [-0.15, -0.1) is 10.2 Å². The van der Waals surface area contributed by atoms with Gasteiger partial charge in [-0.05, 0) is 34.7 Å². The Bertz CT molecular complexity index is 597. The van der Waals surface area contributed by atoms with Gasteiger partial charge in [-0.25, -0.2) is 0 Å². The number of aromatic nitrogens is 3. The summed E-state index contributed by atoms with van der Waals surface area (Å²) >= 11 is 11.5. The predicted molar refractivity (Wildman–Crippen MR) is 75.1 cm³/mol. The second-order valence-corrected chi connectivity index (χ2v) is 5.75. The van der Waals surface area contributed by atoms with Crippen LogP contribution in [-0.2, 0) is 5.41 Å². The second kappa shape index (κ2) is 5.31. The molecule has 4 nitrogen and oxygen atoms in total. The molecule has 0 aliphatic carbocycles. The first-order valence-corrected chi connectivity index (χ1v) is 6.46. The highest BCUT2D eigenvalue weighted by Crippen LogP contribution is 2.30. The fourth-order valence-electron chi connectivity index (χ4n) is 1.48. The Labute approximate surface area is 121 Å². The lowest BCUT2D eigenvalue weighted by molar-refractivity contribution is 0.454. The van der Waals surface area contributed by atoms with Crippen molar-refractivity contribution in [3.63, 3.8) is 0 Å². The molecule has 0 amide bonds. The monoisotopic (exact) mass is 297 g/mol. The quantitative estimate of drug-likeness (QED) is 0.830. The van der Waals surface area contributed by atoms with Gasteiger partial charge in [0, 0.05) is 0 Å². The number of halogens is 2. The van der Waals surface area contributed by atoms with Gasteiger partial charge in [-0.2, -0.15) is 4.98 Å². The molecule has 0 aliphatic heterocycles. The average Bonchev–Trinajstić information content (AvgIpc) is 2.33. The van der Waals surface area contributed by atoms with Crippen LogP contribution in [0.25, 0.3) is 0 Å². The van der Waals surface area contributed by atoms with Gasteiger partial charge in [0.1, 0.15) is 5.75 Å². The molecule has 1 aromatic carbocycles. The van der Waals surface area contributed by atoms with Crippen molar-refractivity contribution in [2.45, 2.75) is 26.2 Å². The smallest absolute Gasteiger partial charge is 0.262 e. The van der Waals surface area contributed by atoms with Gasteiger partial charge in [0.15, 0.2) is 0 Å². The molecule has 0 fully saturated rings. The van der Waals surface area contributed by atoms with Crippen molar-refractivity contribution in [2.24, 2.45) is 0 Å². The Balaban J connectivity index is 2.31.